The number of hydrogen-bond acceptors (Lipinski definition) is 2. The minimum atomic E-state index is -0.314. The summed E-state index contributed by atoms with van der Waals surface area (Å²) in [5, 5.41) is 0. The average molecular weight is 461 g/mol. The normalized spacial score (nSPS) is 18.1. The molecule has 1 fully saturated rings. The van der Waals surface area contributed by atoms with Gasteiger partial charge >= 0.3 is 5.97 Å². The number of hydrogen-bond donors (Lipinski definition) is 0. The van der Waals surface area contributed by atoms with Gasteiger partial charge in [-0.15, -0.1) is 0 Å². The fourth-order valence-corrected chi connectivity index (χ4v) is 5.50. The molecule has 2 aliphatic rings. The maximum Gasteiger partial charge on any atom is 0.330 e. The van der Waals surface area contributed by atoms with Crippen LogP contribution in [0.5, 0.6) is 0 Å². The highest BCUT2D eigenvalue weighted by Crippen LogP contribution is 2.38. The number of rotatable bonds is 5. The van der Waals surface area contributed by atoms with E-state index in [9.17, 15) is 4.79 Å². The van der Waals surface area contributed by atoms with Gasteiger partial charge in [0.15, 0.2) is 0 Å². The third-order valence-corrected chi connectivity index (χ3v) is 7.34. The van der Waals surface area contributed by atoms with Crippen LogP contribution in [0.25, 0.3) is 11.1 Å². The van der Waals surface area contributed by atoms with Crippen molar-refractivity contribution in [1.29, 1.82) is 0 Å². The van der Waals surface area contributed by atoms with Crippen LogP contribution in [0.2, 0.25) is 0 Å². The number of fused-ring (bicyclic) bond motifs is 3. The maximum absolute atomic E-state index is 11.4. The molecule has 0 heterocycles. The van der Waals surface area contributed by atoms with Crippen molar-refractivity contribution in [3.8, 4) is 23.0 Å². The van der Waals surface area contributed by atoms with Gasteiger partial charge in [0.25, 0.3) is 0 Å². The summed E-state index contributed by atoms with van der Waals surface area (Å²) in [5.41, 5.74) is 10.4. The van der Waals surface area contributed by atoms with E-state index in [-0.39, 0.29) is 12.1 Å². The number of carbonyl (C=O) groups is 1. The molecule has 0 aliphatic heterocycles. The van der Waals surface area contributed by atoms with Gasteiger partial charge in [0.1, 0.15) is 6.10 Å². The number of aryl methyl sites for hydroxylation is 1. The minimum Gasteiger partial charge on any atom is -0.459 e. The number of ether oxygens (including phenoxy) is 1. The van der Waals surface area contributed by atoms with Gasteiger partial charge in [0, 0.05) is 17.2 Å². The zero-order valence-corrected chi connectivity index (χ0v) is 20.5. The Balaban J connectivity index is 1.22. The fourth-order valence-electron chi connectivity index (χ4n) is 5.50. The number of benzene rings is 3. The Morgan fingerprint density at radius 2 is 1.57 bits per heavy atom. The van der Waals surface area contributed by atoms with Crippen LogP contribution in [-0.2, 0) is 22.4 Å². The molecule has 3 aromatic rings. The van der Waals surface area contributed by atoms with Crippen molar-refractivity contribution in [2.24, 2.45) is 0 Å². The third kappa shape index (κ3) is 5.25. The summed E-state index contributed by atoms with van der Waals surface area (Å²) >= 11 is 0. The Morgan fingerprint density at radius 1 is 0.914 bits per heavy atom. The predicted octanol–water partition coefficient (Wildman–Crippen LogP) is 7.37. The zero-order chi connectivity index (χ0) is 24.2. The monoisotopic (exact) mass is 460 g/mol. The highest BCUT2D eigenvalue weighted by atomic mass is 16.5. The molecular formula is C33H32O2. The summed E-state index contributed by atoms with van der Waals surface area (Å²) in [7, 11) is 0. The van der Waals surface area contributed by atoms with Gasteiger partial charge in [-0.1, -0.05) is 68.2 Å². The fraction of sp³-hybridized carbons (Fsp3) is 0.303. The Hall–Kier alpha value is -3.57. The van der Waals surface area contributed by atoms with Gasteiger partial charge in [-0.3, -0.25) is 0 Å². The second-order valence-corrected chi connectivity index (χ2v) is 9.78. The minimum absolute atomic E-state index is 0.0281. The van der Waals surface area contributed by atoms with Crippen LogP contribution >= 0.6 is 0 Å². The lowest BCUT2D eigenvalue weighted by atomic mass is 9.82. The largest absolute Gasteiger partial charge is 0.459 e. The molecule has 0 saturated heterocycles. The van der Waals surface area contributed by atoms with Gasteiger partial charge in [0.05, 0.1) is 0 Å². The molecule has 0 spiro atoms. The third-order valence-electron chi connectivity index (χ3n) is 7.34. The lowest BCUT2D eigenvalue weighted by Gasteiger charge is -2.28. The molecule has 2 heteroatoms. The molecule has 3 aromatic carbocycles. The Morgan fingerprint density at radius 3 is 2.29 bits per heavy atom. The van der Waals surface area contributed by atoms with Crippen LogP contribution in [0.4, 0.5) is 0 Å². The highest BCUT2D eigenvalue weighted by Gasteiger charge is 2.24. The molecule has 0 amide bonds. The summed E-state index contributed by atoms with van der Waals surface area (Å²) in [6, 6.07) is 22.3. The Labute approximate surface area is 209 Å². The van der Waals surface area contributed by atoms with Gasteiger partial charge in [0.2, 0.25) is 0 Å². The Kier molecular flexibility index (Phi) is 6.87. The van der Waals surface area contributed by atoms with Crippen LogP contribution in [0.15, 0.2) is 73.3 Å². The lowest BCUT2D eigenvalue weighted by Crippen LogP contribution is -2.23. The van der Waals surface area contributed by atoms with Crippen molar-refractivity contribution in [3.05, 3.63) is 107 Å². The molecule has 0 aromatic heterocycles. The van der Waals surface area contributed by atoms with E-state index in [4.69, 9.17) is 4.74 Å². The van der Waals surface area contributed by atoms with Crippen molar-refractivity contribution >= 4 is 5.97 Å². The van der Waals surface area contributed by atoms with Gasteiger partial charge in [-0.2, -0.15) is 0 Å². The second-order valence-electron chi connectivity index (χ2n) is 9.78. The summed E-state index contributed by atoms with van der Waals surface area (Å²) in [6.45, 7) is 5.71. The molecule has 2 nitrogen and oxygen atoms in total. The van der Waals surface area contributed by atoms with Crippen LogP contribution in [-0.4, -0.2) is 12.1 Å². The summed E-state index contributed by atoms with van der Waals surface area (Å²) in [6.07, 6.45) is 8.50. The van der Waals surface area contributed by atoms with Gasteiger partial charge < -0.3 is 4.74 Å². The van der Waals surface area contributed by atoms with E-state index >= 15 is 0 Å². The van der Waals surface area contributed by atoms with E-state index in [1.807, 2.05) is 0 Å². The summed E-state index contributed by atoms with van der Waals surface area (Å²) in [4.78, 5) is 11.4. The van der Waals surface area contributed by atoms with Gasteiger partial charge in [-0.25, -0.2) is 4.79 Å². The van der Waals surface area contributed by atoms with E-state index in [0.29, 0.717) is 5.92 Å². The SMILES string of the molecule is C=CC(=O)OC1CCC(c2ccc(C#Cc3ccc4c(c3)Cc3cc(CCC)ccc3-4)cc2)CC1. The topological polar surface area (TPSA) is 26.3 Å². The molecule has 0 unspecified atom stereocenters. The molecule has 2 aliphatic carbocycles. The smallest absolute Gasteiger partial charge is 0.330 e. The molecule has 176 valence electrons. The van der Waals surface area contributed by atoms with Crippen LogP contribution in [0.3, 0.4) is 0 Å². The zero-order valence-electron chi connectivity index (χ0n) is 20.5. The van der Waals surface area contributed by atoms with Crippen molar-refractivity contribution in [1.82, 2.24) is 0 Å². The lowest BCUT2D eigenvalue weighted by molar-refractivity contribution is -0.144. The van der Waals surface area contributed by atoms with Gasteiger partial charge in [-0.05, 0) is 102 Å². The van der Waals surface area contributed by atoms with E-state index in [0.717, 1.165) is 49.7 Å². The number of esters is 1. The summed E-state index contributed by atoms with van der Waals surface area (Å²) < 4.78 is 5.40. The first-order valence-electron chi connectivity index (χ1n) is 12.8. The number of carbonyl (C=O) groups excluding carboxylic acids is 1. The first-order valence-corrected chi connectivity index (χ1v) is 12.8. The predicted molar refractivity (Wildman–Crippen MR) is 142 cm³/mol. The molecule has 1 saturated carbocycles. The van der Waals surface area contributed by atoms with E-state index < -0.39 is 0 Å². The highest BCUT2D eigenvalue weighted by molar-refractivity contribution is 5.81. The average Bonchev–Trinajstić information content (AvgIpc) is 3.25. The molecule has 35 heavy (non-hydrogen) atoms. The quantitative estimate of drug-likeness (QED) is 0.177. The molecule has 0 bridgehead atoms. The van der Waals surface area contributed by atoms with Crippen molar-refractivity contribution < 1.29 is 9.53 Å². The molecule has 5 rings (SSSR count). The van der Waals surface area contributed by atoms with Crippen molar-refractivity contribution in [3.63, 3.8) is 0 Å². The standard InChI is InChI=1S/C33H32O2/c1-3-5-24-10-18-31-28(20-24)22-29-21-25(11-19-32(29)31)7-6-23-8-12-26(13-9-23)27-14-16-30(17-15-27)35-33(34)4-2/h4,8-13,18-21,27,30H,2-3,5,14-17,22H2,1H3. The van der Waals surface area contributed by atoms with Crippen LogP contribution in [0.1, 0.15) is 78.3 Å². The van der Waals surface area contributed by atoms with E-state index in [1.54, 1.807) is 0 Å². The second kappa shape index (κ2) is 10.4. The van der Waals surface area contributed by atoms with Crippen molar-refractivity contribution in [2.45, 2.75) is 63.9 Å². The van der Waals surface area contributed by atoms with Crippen LogP contribution in [0, 0.1) is 11.8 Å². The van der Waals surface area contributed by atoms with Crippen molar-refractivity contribution in [2.75, 3.05) is 0 Å². The van der Waals surface area contributed by atoms with E-state index in [1.165, 1.54) is 45.9 Å². The molecule has 0 atom stereocenters. The summed E-state index contributed by atoms with van der Waals surface area (Å²) in [5.74, 6) is 6.92. The van der Waals surface area contributed by atoms with Crippen LogP contribution < -0.4 is 0 Å². The van der Waals surface area contributed by atoms with E-state index in [2.05, 4.69) is 86.0 Å². The molecular weight excluding hydrogens is 428 g/mol. The molecule has 0 N–H and O–H groups in total. The first-order chi connectivity index (χ1) is 17.1. The maximum atomic E-state index is 11.4. The Bertz CT molecular complexity index is 1300. The molecule has 0 radical (unpaired) electrons. The first kappa shape index (κ1) is 23.2.